The normalized spacial score (nSPS) is 16.6. The molecule has 5 nitrogen and oxygen atoms in total. The highest BCUT2D eigenvalue weighted by Crippen LogP contribution is 2.15. The monoisotopic (exact) mass is 217 g/mol. The number of benzene rings is 1. The standard InChI is InChI=1S/C11H14N5/c1-15-7-8-16(2)11(15)14-13-10-5-3-9(12)4-6-10/h3-8,11-12H,1-2H3/q+1/p+1. The van der Waals surface area contributed by atoms with Gasteiger partial charge in [-0.3, -0.25) is 0 Å². The van der Waals surface area contributed by atoms with Gasteiger partial charge in [0.1, 0.15) is 14.1 Å². The zero-order chi connectivity index (χ0) is 11.5. The summed E-state index contributed by atoms with van der Waals surface area (Å²) in [5, 5.41) is 8.43. The summed E-state index contributed by atoms with van der Waals surface area (Å²) < 4.78 is 3.97. The lowest BCUT2D eigenvalue weighted by Gasteiger charge is -1.97. The molecule has 0 spiro atoms. The van der Waals surface area contributed by atoms with E-state index in [0.29, 0.717) is 0 Å². The predicted molar refractivity (Wildman–Crippen MR) is 63.7 cm³/mol. The molecule has 1 aliphatic heterocycles. The van der Waals surface area contributed by atoms with Crippen LogP contribution in [0.3, 0.4) is 0 Å². The lowest BCUT2D eigenvalue weighted by atomic mass is 10.3. The number of hydrogen-bond donors (Lipinski definition) is 1. The summed E-state index contributed by atoms with van der Waals surface area (Å²) in [6.45, 7) is 0. The summed E-state index contributed by atoms with van der Waals surface area (Å²) in [6, 6.07) is 7.33. The summed E-state index contributed by atoms with van der Waals surface area (Å²) in [5.74, 6) is 0. The fourth-order valence-corrected chi connectivity index (χ4v) is 1.47. The molecule has 0 aliphatic carbocycles. The van der Waals surface area contributed by atoms with Gasteiger partial charge in [0.05, 0.1) is 5.69 Å². The maximum atomic E-state index is 5.59. The second-order valence-corrected chi connectivity index (χ2v) is 3.78. The van der Waals surface area contributed by atoms with Crippen molar-refractivity contribution in [3.63, 3.8) is 0 Å². The molecule has 0 aromatic heterocycles. The number of azo groups is 1. The van der Waals surface area contributed by atoms with Gasteiger partial charge in [0, 0.05) is 5.69 Å². The Morgan fingerprint density at radius 2 is 1.62 bits per heavy atom. The Kier molecular flexibility index (Phi) is 2.76. The Bertz CT molecular complexity index is 452. The van der Waals surface area contributed by atoms with Crippen LogP contribution in [-0.2, 0) is 0 Å². The molecular weight excluding hydrogens is 202 g/mol. The third kappa shape index (κ3) is 2.13. The highest BCUT2D eigenvalue weighted by Gasteiger charge is 2.29. The molecule has 0 atom stereocenters. The molecule has 0 bridgehead atoms. The van der Waals surface area contributed by atoms with Crippen molar-refractivity contribution in [1.29, 1.82) is 0 Å². The number of nitrogens with zero attached hydrogens (tertiary/aromatic N) is 4. The molecule has 16 heavy (non-hydrogen) atoms. The van der Waals surface area contributed by atoms with Crippen molar-refractivity contribution in [1.82, 2.24) is 0 Å². The summed E-state index contributed by atoms with van der Waals surface area (Å²) in [5.41, 5.74) is 7.13. The molecule has 1 heterocycles. The highest BCUT2D eigenvalue weighted by atomic mass is 15.4. The average molecular weight is 217 g/mol. The summed E-state index contributed by atoms with van der Waals surface area (Å²) >= 11 is 0. The van der Waals surface area contributed by atoms with Gasteiger partial charge in [0.2, 0.25) is 12.4 Å². The number of hydrogen-bond acceptors (Lipinski definition) is 3. The Balaban J connectivity index is 2.13. The number of rotatable bonds is 2. The van der Waals surface area contributed by atoms with Crippen LogP contribution in [0.1, 0.15) is 0 Å². The van der Waals surface area contributed by atoms with Gasteiger partial charge >= 0.3 is 6.29 Å². The van der Waals surface area contributed by atoms with E-state index in [-0.39, 0.29) is 6.29 Å². The quantitative estimate of drug-likeness (QED) is 0.450. The number of nitrogens with two attached hydrogens (primary N) is 1. The van der Waals surface area contributed by atoms with Gasteiger partial charge in [-0.15, -0.1) is 14.3 Å². The van der Waals surface area contributed by atoms with Gasteiger partial charge in [0.15, 0.2) is 0 Å². The second-order valence-electron chi connectivity index (χ2n) is 3.78. The van der Waals surface area contributed by atoms with Gasteiger partial charge in [-0.2, -0.15) is 0 Å². The number of anilines is 1. The van der Waals surface area contributed by atoms with E-state index in [4.69, 9.17) is 5.73 Å². The van der Waals surface area contributed by atoms with Crippen LogP contribution in [-0.4, -0.2) is 42.0 Å². The second kappa shape index (κ2) is 4.22. The van der Waals surface area contributed by atoms with Crippen LogP contribution in [0.25, 0.3) is 0 Å². The smallest absolute Gasteiger partial charge is 0.399 e. The average Bonchev–Trinajstić information content (AvgIpc) is 2.59. The Morgan fingerprint density at radius 1 is 1.06 bits per heavy atom. The third-order valence-corrected chi connectivity index (χ3v) is 2.44. The van der Waals surface area contributed by atoms with Gasteiger partial charge < -0.3 is 5.73 Å². The fraction of sp³-hybridized carbons (Fsp3) is 0.273. The van der Waals surface area contributed by atoms with Crippen LogP contribution in [0.4, 0.5) is 11.4 Å². The maximum absolute atomic E-state index is 5.59. The van der Waals surface area contributed by atoms with Crippen LogP contribution in [0.5, 0.6) is 0 Å². The molecule has 0 saturated heterocycles. The molecule has 1 aromatic carbocycles. The molecule has 0 radical (unpaired) electrons. The zero-order valence-electron chi connectivity index (χ0n) is 9.41. The molecule has 2 N–H and O–H groups in total. The molecule has 0 saturated carbocycles. The van der Waals surface area contributed by atoms with Crippen LogP contribution in [0, 0.1) is 0 Å². The van der Waals surface area contributed by atoms with E-state index in [1.54, 1.807) is 0 Å². The first-order valence-electron chi connectivity index (χ1n) is 5.05. The third-order valence-electron chi connectivity index (χ3n) is 2.44. The molecule has 1 aromatic rings. The SMILES string of the molecule is C[N+]1=CC=[N+](C)C1N=Nc1ccc(N)cc1. The van der Waals surface area contributed by atoms with Crippen molar-refractivity contribution in [2.45, 2.75) is 6.29 Å². The lowest BCUT2D eigenvalue weighted by molar-refractivity contribution is -0.737. The van der Waals surface area contributed by atoms with Crippen molar-refractivity contribution < 1.29 is 9.15 Å². The minimum Gasteiger partial charge on any atom is -0.399 e. The molecule has 0 fully saturated rings. The zero-order valence-corrected chi connectivity index (χ0v) is 9.41. The molecule has 0 unspecified atom stereocenters. The fourth-order valence-electron chi connectivity index (χ4n) is 1.47. The van der Waals surface area contributed by atoms with Crippen LogP contribution < -0.4 is 5.73 Å². The first-order valence-corrected chi connectivity index (χ1v) is 5.05. The predicted octanol–water partition coefficient (Wildman–Crippen LogP) is 1.08. The van der Waals surface area contributed by atoms with E-state index >= 15 is 0 Å². The molecule has 0 amide bonds. The Morgan fingerprint density at radius 3 is 2.19 bits per heavy atom. The van der Waals surface area contributed by atoms with Crippen LogP contribution in [0.15, 0.2) is 34.5 Å². The first-order chi connectivity index (χ1) is 7.66. The Hall–Kier alpha value is -2.04. The van der Waals surface area contributed by atoms with Gasteiger partial charge in [-0.25, -0.2) is 0 Å². The van der Waals surface area contributed by atoms with E-state index in [9.17, 15) is 0 Å². The molecule has 2 rings (SSSR count). The van der Waals surface area contributed by atoms with Crippen molar-refractivity contribution in [3.8, 4) is 0 Å². The van der Waals surface area contributed by atoms with E-state index in [1.807, 2.05) is 59.9 Å². The minimum absolute atomic E-state index is 0.0578. The number of nitrogen functional groups attached to an aromatic ring is 1. The first kappa shape index (κ1) is 10.5. The Labute approximate surface area is 94.2 Å². The van der Waals surface area contributed by atoms with Crippen molar-refractivity contribution in [3.05, 3.63) is 24.3 Å². The molecule has 5 heteroatoms. The van der Waals surface area contributed by atoms with E-state index in [2.05, 4.69) is 10.2 Å². The largest absolute Gasteiger partial charge is 0.464 e. The molecule has 1 aliphatic rings. The topological polar surface area (TPSA) is 56.8 Å². The maximum Gasteiger partial charge on any atom is 0.464 e. The highest BCUT2D eigenvalue weighted by molar-refractivity contribution is 6.11. The van der Waals surface area contributed by atoms with E-state index in [0.717, 1.165) is 11.4 Å². The van der Waals surface area contributed by atoms with Crippen LogP contribution in [0.2, 0.25) is 0 Å². The lowest BCUT2D eigenvalue weighted by Crippen LogP contribution is -2.25. The molecular formula is C11H15N5+2. The van der Waals surface area contributed by atoms with Crippen molar-refractivity contribution in [2.24, 2.45) is 10.2 Å². The van der Waals surface area contributed by atoms with E-state index < -0.39 is 0 Å². The van der Waals surface area contributed by atoms with Crippen LogP contribution >= 0.6 is 0 Å². The minimum atomic E-state index is -0.0578. The van der Waals surface area contributed by atoms with Crippen molar-refractivity contribution in [2.75, 3.05) is 19.8 Å². The van der Waals surface area contributed by atoms with Gasteiger partial charge in [-0.05, 0) is 29.4 Å². The van der Waals surface area contributed by atoms with E-state index in [1.165, 1.54) is 0 Å². The van der Waals surface area contributed by atoms with Crippen molar-refractivity contribution >= 4 is 23.8 Å². The summed E-state index contributed by atoms with van der Waals surface area (Å²) in [7, 11) is 3.93. The summed E-state index contributed by atoms with van der Waals surface area (Å²) in [6.07, 6.45) is 3.87. The summed E-state index contributed by atoms with van der Waals surface area (Å²) in [4.78, 5) is 0. The van der Waals surface area contributed by atoms with Gasteiger partial charge in [-0.1, -0.05) is 0 Å². The van der Waals surface area contributed by atoms with Gasteiger partial charge in [0.25, 0.3) is 0 Å². The molecule has 82 valence electrons.